The van der Waals surface area contributed by atoms with E-state index in [0.29, 0.717) is 18.4 Å². The smallest absolute Gasteiger partial charge is 0.231 e. The van der Waals surface area contributed by atoms with Gasteiger partial charge in [0.05, 0.1) is 25.3 Å². The van der Waals surface area contributed by atoms with Gasteiger partial charge in [-0.15, -0.1) is 0 Å². The van der Waals surface area contributed by atoms with Gasteiger partial charge in [-0.3, -0.25) is 0 Å². The van der Waals surface area contributed by atoms with Gasteiger partial charge in [-0.25, -0.2) is 0 Å². The van der Waals surface area contributed by atoms with Crippen LogP contribution in [-0.2, 0) is 11.3 Å². The number of halogens is 1. The zero-order chi connectivity index (χ0) is 10.6. The van der Waals surface area contributed by atoms with Gasteiger partial charge >= 0.3 is 0 Å². The first-order valence-electron chi connectivity index (χ1n) is 3.99. The number of ether oxygens (including phenoxy) is 3. The van der Waals surface area contributed by atoms with Crippen molar-refractivity contribution in [3.63, 3.8) is 0 Å². The topological polar surface area (TPSA) is 40.6 Å². The Morgan fingerprint density at radius 3 is 2.36 bits per heavy atom. The van der Waals surface area contributed by atoms with Crippen LogP contribution in [0.3, 0.4) is 0 Å². The molecule has 14 heavy (non-hydrogen) atoms. The van der Waals surface area contributed by atoms with Crippen LogP contribution in [0.1, 0.15) is 5.56 Å². The average molecular weight is 262 g/mol. The first-order valence-corrected chi connectivity index (χ1v) is 4.78. The molecule has 1 aromatic heterocycles. The van der Waals surface area contributed by atoms with Gasteiger partial charge in [-0.05, 0) is 22.0 Å². The molecule has 0 atom stereocenters. The van der Waals surface area contributed by atoms with E-state index < -0.39 is 0 Å². The molecule has 5 heteroatoms. The Morgan fingerprint density at radius 2 is 1.86 bits per heavy atom. The third-order valence-electron chi connectivity index (χ3n) is 1.67. The van der Waals surface area contributed by atoms with Gasteiger partial charge < -0.3 is 14.2 Å². The van der Waals surface area contributed by atoms with E-state index >= 15 is 0 Å². The lowest BCUT2D eigenvalue weighted by Gasteiger charge is -2.09. The SMILES string of the molecule is COCc1cc(Br)c(OC)nc1OC. The predicted molar refractivity (Wildman–Crippen MR) is 55.8 cm³/mol. The van der Waals surface area contributed by atoms with Crippen molar-refractivity contribution in [3.8, 4) is 11.8 Å². The summed E-state index contributed by atoms with van der Waals surface area (Å²) in [5, 5.41) is 0. The molecule has 4 nitrogen and oxygen atoms in total. The number of nitrogens with zero attached hydrogens (tertiary/aromatic N) is 1. The molecule has 0 bridgehead atoms. The summed E-state index contributed by atoms with van der Waals surface area (Å²) in [7, 11) is 4.74. The highest BCUT2D eigenvalue weighted by Crippen LogP contribution is 2.29. The van der Waals surface area contributed by atoms with Crippen LogP contribution in [0.2, 0.25) is 0 Å². The Labute approximate surface area is 91.3 Å². The minimum atomic E-state index is 0.457. The van der Waals surface area contributed by atoms with Crippen LogP contribution in [0.5, 0.6) is 11.8 Å². The molecular formula is C9H12BrNO3. The van der Waals surface area contributed by atoms with Crippen LogP contribution in [-0.4, -0.2) is 26.3 Å². The van der Waals surface area contributed by atoms with Gasteiger partial charge in [-0.2, -0.15) is 4.98 Å². The molecule has 0 radical (unpaired) electrons. The largest absolute Gasteiger partial charge is 0.481 e. The van der Waals surface area contributed by atoms with E-state index in [4.69, 9.17) is 14.2 Å². The van der Waals surface area contributed by atoms with Crippen LogP contribution >= 0.6 is 15.9 Å². The predicted octanol–water partition coefficient (Wildman–Crippen LogP) is 2.01. The van der Waals surface area contributed by atoms with E-state index in [1.807, 2.05) is 6.07 Å². The number of methoxy groups -OCH3 is 3. The van der Waals surface area contributed by atoms with E-state index in [9.17, 15) is 0 Å². The van der Waals surface area contributed by atoms with Crippen LogP contribution in [0.15, 0.2) is 10.5 Å². The molecule has 0 spiro atoms. The minimum absolute atomic E-state index is 0.457. The van der Waals surface area contributed by atoms with Crippen LogP contribution < -0.4 is 9.47 Å². The number of pyridine rings is 1. The number of aromatic nitrogens is 1. The molecule has 0 aliphatic heterocycles. The summed E-state index contributed by atoms with van der Waals surface area (Å²) in [6, 6.07) is 1.87. The Morgan fingerprint density at radius 1 is 1.21 bits per heavy atom. The van der Waals surface area contributed by atoms with E-state index in [-0.39, 0.29) is 0 Å². The van der Waals surface area contributed by atoms with Gasteiger partial charge in [0.25, 0.3) is 0 Å². The van der Waals surface area contributed by atoms with E-state index in [0.717, 1.165) is 10.0 Å². The first-order chi connectivity index (χ1) is 6.72. The monoisotopic (exact) mass is 261 g/mol. The molecule has 0 aliphatic rings. The number of hydrogen-bond acceptors (Lipinski definition) is 4. The fourth-order valence-corrected chi connectivity index (χ4v) is 1.60. The molecule has 0 aromatic carbocycles. The second kappa shape index (κ2) is 5.17. The molecule has 0 N–H and O–H groups in total. The molecule has 1 rings (SSSR count). The lowest BCUT2D eigenvalue weighted by molar-refractivity contribution is 0.180. The summed E-state index contributed by atoms with van der Waals surface area (Å²) < 4.78 is 15.9. The van der Waals surface area contributed by atoms with Gasteiger partial charge in [0, 0.05) is 12.7 Å². The van der Waals surface area contributed by atoms with Crippen molar-refractivity contribution < 1.29 is 14.2 Å². The van der Waals surface area contributed by atoms with E-state index in [1.165, 1.54) is 0 Å². The summed E-state index contributed by atoms with van der Waals surface area (Å²) in [5.74, 6) is 1.02. The highest BCUT2D eigenvalue weighted by Gasteiger charge is 2.10. The summed E-state index contributed by atoms with van der Waals surface area (Å²) >= 11 is 3.34. The quantitative estimate of drug-likeness (QED) is 0.832. The number of rotatable bonds is 4. The Bertz CT molecular complexity index is 317. The van der Waals surface area contributed by atoms with Crippen LogP contribution in [0, 0.1) is 0 Å². The van der Waals surface area contributed by atoms with Crippen molar-refractivity contribution in [2.24, 2.45) is 0 Å². The lowest BCUT2D eigenvalue weighted by Crippen LogP contribution is -1.99. The fourth-order valence-electron chi connectivity index (χ4n) is 1.07. The lowest BCUT2D eigenvalue weighted by atomic mass is 10.3. The Balaban J connectivity index is 3.10. The van der Waals surface area contributed by atoms with Gasteiger partial charge in [0.2, 0.25) is 11.8 Å². The van der Waals surface area contributed by atoms with Crippen molar-refractivity contribution in [2.75, 3.05) is 21.3 Å². The maximum atomic E-state index is 5.10. The molecule has 0 saturated carbocycles. The van der Waals surface area contributed by atoms with Gasteiger partial charge in [-0.1, -0.05) is 0 Å². The summed E-state index contributed by atoms with van der Waals surface area (Å²) in [6.07, 6.45) is 0. The van der Waals surface area contributed by atoms with Gasteiger partial charge in [0.1, 0.15) is 0 Å². The Kier molecular flexibility index (Phi) is 4.16. The van der Waals surface area contributed by atoms with Crippen molar-refractivity contribution in [1.82, 2.24) is 4.98 Å². The molecule has 0 saturated heterocycles. The summed E-state index contributed by atoms with van der Waals surface area (Å²) in [6.45, 7) is 0.457. The number of hydrogen-bond donors (Lipinski definition) is 0. The zero-order valence-electron chi connectivity index (χ0n) is 8.33. The van der Waals surface area contributed by atoms with Crippen molar-refractivity contribution >= 4 is 15.9 Å². The minimum Gasteiger partial charge on any atom is -0.481 e. The first kappa shape index (κ1) is 11.3. The second-order valence-electron chi connectivity index (χ2n) is 2.58. The molecule has 1 aromatic rings. The molecular weight excluding hydrogens is 250 g/mol. The van der Waals surface area contributed by atoms with Crippen molar-refractivity contribution in [3.05, 3.63) is 16.1 Å². The van der Waals surface area contributed by atoms with Gasteiger partial charge in [0.15, 0.2) is 0 Å². The van der Waals surface area contributed by atoms with Crippen molar-refractivity contribution in [2.45, 2.75) is 6.61 Å². The van der Waals surface area contributed by atoms with Crippen LogP contribution in [0.4, 0.5) is 0 Å². The highest BCUT2D eigenvalue weighted by atomic mass is 79.9. The second-order valence-corrected chi connectivity index (χ2v) is 3.44. The average Bonchev–Trinajstić information content (AvgIpc) is 2.19. The fraction of sp³-hybridized carbons (Fsp3) is 0.444. The molecule has 78 valence electrons. The van der Waals surface area contributed by atoms with Crippen molar-refractivity contribution in [1.29, 1.82) is 0 Å². The standard InChI is InChI=1S/C9H12BrNO3/c1-12-5-6-4-7(10)9(14-3)11-8(6)13-2/h4H,5H2,1-3H3. The van der Waals surface area contributed by atoms with E-state index in [2.05, 4.69) is 20.9 Å². The molecule has 0 fully saturated rings. The highest BCUT2D eigenvalue weighted by molar-refractivity contribution is 9.10. The molecule has 0 aliphatic carbocycles. The normalized spacial score (nSPS) is 10.0. The molecule has 1 heterocycles. The molecule has 0 unspecified atom stereocenters. The zero-order valence-corrected chi connectivity index (χ0v) is 9.92. The summed E-state index contributed by atoms with van der Waals surface area (Å²) in [5.41, 5.74) is 0.877. The maximum Gasteiger partial charge on any atom is 0.231 e. The van der Waals surface area contributed by atoms with E-state index in [1.54, 1.807) is 21.3 Å². The maximum absolute atomic E-state index is 5.10. The van der Waals surface area contributed by atoms with Crippen LogP contribution in [0.25, 0.3) is 0 Å². The third kappa shape index (κ3) is 2.36. The molecule has 0 amide bonds. The summed E-state index contributed by atoms with van der Waals surface area (Å²) in [4.78, 5) is 4.16. The Hall–Kier alpha value is -0.810. The third-order valence-corrected chi connectivity index (χ3v) is 2.24.